The molecule has 0 atom stereocenters. The number of carboxylic acids is 1. The number of halogens is 4. The topological polar surface area (TPSA) is 232 Å². The molecule has 0 heterocycles. The van der Waals surface area contributed by atoms with Crippen molar-refractivity contribution in [1.29, 1.82) is 0 Å². The first-order valence-corrected chi connectivity index (χ1v) is 4.86. The Hall–Kier alpha value is -4.35. The maximum Gasteiger partial charge on any atom is 0.335 e. The number of hydrogen-bond acceptors (Lipinski definition) is 5. The van der Waals surface area contributed by atoms with Gasteiger partial charge < -0.3 is 5.11 Å². The van der Waals surface area contributed by atoms with Crippen molar-refractivity contribution in [3.63, 3.8) is 0 Å². The van der Waals surface area contributed by atoms with Gasteiger partial charge in [-0.3, -0.25) is 0 Å². The first-order chi connectivity index (χ1) is 12.0. The summed E-state index contributed by atoms with van der Waals surface area (Å²) >= 11 is 0. The quantitative estimate of drug-likeness (QED) is 0.268. The minimum atomic E-state index is -0.879. The summed E-state index contributed by atoms with van der Waals surface area (Å²) in [4.78, 5) is 17.0. The number of rotatable bonds is 1. The van der Waals surface area contributed by atoms with Crippen molar-refractivity contribution in [3.8, 4) is 0 Å². The van der Waals surface area contributed by atoms with Crippen molar-refractivity contribution in [2.75, 3.05) is 0 Å². The molecule has 0 unspecified atom stereocenters. The molecule has 0 aliphatic rings. The molecule has 0 bridgehead atoms. The third kappa shape index (κ3) is 45.1. The van der Waals surface area contributed by atoms with Crippen LogP contribution >= 0.6 is 0 Å². The van der Waals surface area contributed by atoms with Crippen LogP contribution in [0.5, 0.6) is 0 Å². The van der Waals surface area contributed by atoms with E-state index in [-0.39, 0.29) is 0 Å². The van der Waals surface area contributed by atoms with E-state index in [2.05, 4.69) is 0 Å². The van der Waals surface area contributed by atoms with Crippen molar-refractivity contribution in [2.24, 2.45) is 21.3 Å². The maximum absolute atomic E-state index is 10.2. The SMILES string of the molecule is O=C(O)c1ccccc1.[N-]=[N+]=NF.[N-]=[N+]=NF.[N-]=[N+]=NF.[N-]=[N+]=NF. The van der Waals surface area contributed by atoms with Crippen LogP contribution in [0.15, 0.2) is 51.7 Å². The number of carboxylic acid groups (broad SMARTS) is 1. The van der Waals surface area contributed by atoms with Crippen LogP contribution in [0.4, 0.5) is 17.9 Å². The summed E-state index contributed by atoms with van der Waals surface area (Å²) < 4.78 is 39.7. The molecular formula is C7H6F4N12O2. The second-order valence-corrected chi connectivity index (χ2v) is 2.33. The Labute approximate surface area is 134 Å². The van der Waals surface area contributed by atoms with Gasteiger partial charge in [-0.25, -0.2) is 4.79 Å². The average molecular weight is 366 g/mol. The molecule has 14 nitrogen and oxygen atoms in total. The zero-order valence-electron chi connectivity index (χ0n) is 11.6. The lowest BCUT2D eigenvalue weighted by molar-refractivity contribution is 0.0697. The summed E-state index contributed by atoms with van der Waals surface area (Å²) in [6.45, 7) is 0. The molecule has 0 aliphatic carbocycles. The molecule has 134 valence electrons. The van der Waals surface area contributed by atoms with Crippen LogP contribution in [0.2, 0.25) is 0 Å². The molecule has 1 aromatic rings. The summed E-state index contributed by atoms with van der Waals surface area (Å²) in [7, 11) is 0. The van der Waals surface area contributed by atoms with Crippen molar-refractivity contribution in [1.82, 2.24) is 0 Å². The van der Waals surface area contributed by atoms with Crippen molar-refractivity contribution < 1.29 is 27.8 Å². The Balaban J connectivity index is -0.000000119. The standard InChI is InChI=1S/C7H6O2.4FN3/c8-7(9)6-4-2-1-3-5-6;4*1-3-4-2/h1-5H,(H,8,9);;;;. The van der Waals surface area contributed by atoms with Crippen LogP contribution in [-0.4, -0.2) is 11.1 Å². The van der Waals surface area contributed by atoms with E-state index in [0.717, 1.165) is 0 Å². The number of carbonyl (C=O) groups is 1. The molecule has 0 aromatic heterocycles. The van der Waals surface area contributed by atoms with Crippen molar-refractivity contribution in [2.45, 2.75) is 0 Å². The summed E-state index contributed by atoms with van der Waals surface area (Å²) in [5.74, 6) is -0.879. The smallest absolute Gasteiger partial charge is 0.335 e. The fraction of sp³-hybridized carbons (Fsp3) is 0. The van der Waals surface area contributed by atoms with Gasteiger partial charge in [-0.05, 0) is 34.3 Å². The third-order valence-corrected chi connectivity index (χ3v) is 1.16. The lowest BCUT2D eigenvalue weighted by atomic mass is 10.2. The van der Waals surface area contributed by atoms with Gasteiger partial charge in [-0.1, -0.05) is 18.2 Å². The van der Waals surface area contributed by atoms with E-state index >= 15 is 0 Å². The van der Waals surface area contributed by atoms with E-state index in [0.29, 0.717) is 5.56 Å². The van der Waals surface area contributed by atoms with Gasteiger partial charge in [0.2, 0.25) is 0 Å². The Morgan fingerprint density at radius 2 is 1.00 bits per heavy atom. The molecule has 0 saturated carbocycles. The predicted molar refractivity (Wildman–Crippen MR) is 74.4 cm³/mol. The van der Waals surface area contributed by atoms with E-state index in [9.17, 15) is 22.7 Å². The molecule has 18 heteroatoms. The Kier molecular flexibility index (Phi) is 36.6. The molecule has 0 fully saturated rings. The van der Waals surface area contributed by atoms with E-state index in [4.69, 9.17) is 27.2 Å². The summed E-state index contributed by atoms with van der Waals surface area (Å²) in [6, 6.07) is 8.30. The Bertz CT molecular complexity index is 568. The van der Waals surface area contributed by atoms with Crippen LogP contribution < -0.4 is 0 Å². The molecule has 0 amide bonds. The fourth-order valence-electron chi connectivity index (χ4n) is 0.581. The van der Waals surface area contributed by atoms with E-state index in [1.807, 2.05) is 0 Å². The second kappa shape index (κ2) is 31.8. The molecule has 1 rings (SSSR count). The zero-order chi connectivity index (χ0) is 20.3. The van der Waals surface area contributed by atoms with Crippen LogP contribution in [0, 0.1) is 0 Å². The van der Waals surface area contributed by atoms with Crippen LogP contribution in [-0.2, 0) is 0 Å². The molecule has 1 aromatic carbocycles. The summed E-state index contributed by atoms with van der Waals surface area (Å²) in [6.07, 6.45) is 0. The minimum absolute atomic E-state index is 0.331. The van der Waals surface area contributed by atoms with Gasteiger partial charge in [0.05, 0.1) is 5.56 Å². The van der Waals surface area contributed by atoms with E-state index in [1.54, 1.807) is 50.0 Å². The van der Waals surface area contributed by atoms with Crippen molar-refractivity contribution >= 4 is 5.97 Å². The third-order valence-electron chi connectivity index (χ3n) is 1.16. The zero-order valence-corrected chi connectivity index (χ0v) is 11.6. The maximum atomic E-state index is 10.2. The highest BCUT2D eigenvalue weighted by molar-refractivity contribution is 5.87. The van der Waals surface area contributed by atoms with E-state index < -0.39 is 5.97 Å². The Morgan fingerprint density at radius 1 is 0.760 bits per heavy atom. The van der Waals surface area contributed by atoms with Gasteiger partial charge in [-0.2, -0.15) is 0 Å². The first kappa shape index (κ1) is 28.8. The van der Waals surface area contributed by atoms with Gasteiger partial charge in [0.1, 0.15) is 21.3 Å². The van der Waals surface area contributed by atoms with Gasteiger partial charge in [-0.15, -0.1) is 17.9 Å². The second-order valence-electron chi connectivity index (χ2n) is 2.33. The number of benzene rings is 1. The molecule has 0 saturated heterocycles. The highest BCUT2D eigenvalue weighted by Gasteiger charge is 1.96. The molecule has 0 radical (unpaired) electrons. The highest BCUT2D eigenvalue weighted by atomic mass is 19.2. The Morgan fingerprint density at radius 3 is 1.12 bits per heavy atom. The molecule has 1 N–H and O–H groups in total. The molecule has 25 heavy (non-hydrogen) atoms. The minimum Gasteiger partial charge on any atom is -0.478 e. The number of azide groups is 4. The summed E-state index contributed by atoms with van der Waals surface area (Å²) in [5, 5.41) is 14.1. The van der Waals surface area contributed by atoms with Crippen LogP contribution in [0.1, 0.15) is 10.4 Å². The van der Waals surface area contributed by atoms with Gasteiger partial charge in [0.25, 0.3) is 0 Å². The average Bonchev–Trinajstić information content (AvgIpc) is 2.69. The number of nitrogens with zero attached hydrogens (tertiary/aromatic N) is 12. The number of aromatic carboxylic acids is 1. The number of hydrogen-bond donors (Lipinski definition) is 1. The molecular weight excluding hydrogens is 360 g/mol. The van der Waals surface area contributed by atoms with Crippen LogP contribution in [0.3, 0.4) is 0 Å². The normalized spacial score (nSPS) is 5.92. The van der Waals surface area contributed by atoms with Gasteiger partial charge in [0, 0.05) is 19.6 Å². The van der Waals surface area contributed by atoms with Gasteiger partial charge >= 0.3 is 5.97 Å². The lowest BCUT2D eigenvalue weighted by Crippen LogP contribution is -1.93. The monoisotopic (exact) mass is 366 g/mol. The molecule has 0 aliphatic heterocycles. The highest BCUT2D eigenvalue weighted by Crippen LogP contribution is 1.96. The van der Waals surface area contributed by atoms with Crippen molar-refractivity contribution in [3.05, 3.63) is 77.7 Å². The molecule has 0 spiro atoms. The van der Waals surface area contributed by atoms with E-state index in [1.165, 1.54) is 21.3 Å². The summed E-state index contributed by atoms with van der Waals surface area (Å²) in [5.41, 5.74) is 28.2. The largest absolute Gasteiger partial charge is 0.478 e. The fourth-order valence-corrected chi connectivity index (χ4v) is 0.581. The first-order valence-electron chi connectivity index (χ1n) is 4.86. The van der Waals surface area contributed by atoms with Gasteiger partial charge in [0.15, 0.2) is 0 Å². The van der Waals surface area contributed by atoms with Crippen LogP contribution in [0.25, 0.3) is 41.8 Å². The lowest BCUT2D eigenvalue weighted by Gasteiger charge is -1.88. The predicted octanol–water partition coefficient (Wildman–Crippen LogP) is 6.11.